The fourth-order valence-electron chi connectivity index (χ4n) is 2.00. The summed E-state index contributed by atoms with van der Waals surface area (Å²) in [6.45, 7) is 4.08. The number of aliphatic imine (C=N–C) groups is 1. The molecule has 0 saturated carbocycles. The van der Waals surface area contributed by atoms with E-state index in [0.29, 0.717) is 6.04 Å². The summed E-state index contributed by atoms with van der Waals surface area (Å²) in [5.41, 5.74) is 2.01. The number of hydrogen-bond donors (Lipinski definition) is 0. The van der Waals surface area contributed by atoms with Crippen molar-refractivity contribution in [2.24, 2.45) is 4.99 Å². The average Bonchev–Trinajstić information content (AvgIpc) is 2.41. The number of likely N-dealkylation sites (N-methyl/N-ethyl adjacent to an activating group) is 1. The van der Waals surface area contributed by atoms with E-state index in [2.05, 4.69) is 22.9 Å². The number of rotatable bonds is 3. The van der Waals surface area contributed by atoms with Gasteiger partial charge in [-0.3, -0.25) is 10.1 Å². The Morgan fingerprint density at radius 2 is 1.95 bits per heavy atom. The molecule has 1 aromatic carbocycles. The van der Waals surface area contributed by atoms with Gasteiger partial charge in [0.15, 0.2) is 0 Å². The fourth-order valence-corrected chi connectivity index (χ4v) is 2.00. The lowest BCUT2D eigenvalue weighted by Gasteiger charge is -2.28. The fraction of sp³-hybridized carbons (Fsp3) is 0.267. The van der Waals surface area contributed by atoms with Gasteiger partial charge in [0.2, 0.25) is 0 Å². The summed E-state index contributed by atoms with van der Waals surface area (Å²) >= 11 is 0. The molecule has 5 heteroatoms. The molecule has 0 fully saturated rings. The number of amidine groups is 1. The molecule has 20 heavy (non-hydrogen) atoms. The van der Waals surface area contributed by atoms with E-state index >= 15 is 0 Å². The van der Waals surface area contributed by atoms with Crippen molar-refractivity contribution in [3.05, 3.63) is 57.8 Å². The third-order valence-electron chi connectivity index (χ3n) is 3.27. The summed E-state index contributed by atoms with van der Waals surface area (Å²) < 4.78 is 0. The summed E-state index contributed by atoms with van der Waals surface area (Å²) in [5.74, 6) is 0.885. The largest absolute Gasteiger partial charge is 0.353 e. The first-order valence-corrected chi connectivity index (χ1v) is 6.40. The standard InChI is InChI=1S/C15H17N3O2/c1-11-10-12(2)17(3)15(16-11)9-6-13-4-7-14(8-5-13)18(19)20/h4-10,12H,1-3H3/b9-6+. The van der Waals surface area contributed by atoms with Crippen LogP contribution in [0.15, 0.2) is 47.1 Å². The number of hydrogen-bond acceptors (Lipinski definition) is 4. The molecular formula is C15H17N3O2. The molecule has 0 amide bonds. The van der Waals surface area contributed by atoms with Gasteiger partial charge in [-0.2, -0.15) is 0 Å². The van der Waals surface area contributed by atoms with Crippen LogP contribution in [0.1, 0.15) is 19.4 Å². The summed E-state index contributed by atoms with van der Waals surface area (Å²) in [6.07, 6.45) is 5.93. The first-order chi connectivity index (χ1) is 9.47. The smallest absolute Gasteiger partial charge is 0.269 e. The van der Waals surface area contributed by atoms with Crippen molar-refractivity contribution in [2.75, 3.05) is 7.05 Å². The van der Waals surface area contributed by atoms with Crippen LogP contribution < -0.4 is 0 Å². The van der Waals surface area contributed by atoms with Crippen LogP contribution in [0, 0.1) is 10.1 Å². The van der Waals surface area contributed by atoms with Crippen LogP contribution in [0.5, 0.6) is 0 Å². The predicted octanol–water partition coefficient (Wildman–Crippen LogP) is 3.24. The number of nitro benzene ring substituents is 1. The lowest BCUT2D eigenvalue weighted by molar-refractivity contribution is -0.384. The maximum atomic E-state index is 10.6. The van der Waals surface area contributed by atoms with E-state index in [1.807, 2.05) is 26.1 Å². The van der Waals surface area contributed by atoms with Gasteiger partial charge in [0.05, 0.1) is 4.92 Å². The third-order valence-corrected chi connectivity index (χ3v) is 3.27. The molecule has 0 bridgehead atoms. The van der Waals surface area contributed by atoms with Crippen molar-refractivity contribution in [1.29, 1.82) is 0 Å². The highest BCUT2D eigenvalue weighted by molar-refractivity contribution is 5.97. The zero-order chi connectivity index (χ0) is 14.7. The lowest BCUT2D eigenvalue weighted by Crippen LogP contribution is -2.35. The molecule has 1 aromatic rings. The Bertz CT molecular complexity index is 600. The molecule has 0 saturated heterocycles. The quantitative estimate of drug-likeness (QED) is 0.626. The molecule has 0 aromatic heterocycles. The van der Waals surface area contributed by atoms with Gasteiger partial charge in [-0.05, 0) is 43.7 Å². The summed E-state index contributed by atoms with van der Waals surface area (Å²) in [4.78, 5) is 16.7. The molecule has 1 aliphatic heterocycles. The minimum atomic E-state index is -0.400. The van der Waals surface area contributed by atoms with E-state index in [4.69, 9.17) is 0 Å². The van der Waals surface area contributed by atoms with E-state index in [-0.39, 0.29) is 5.69 Å². The van der Waals surface area contributed by atoms with Crippen molar-refractivity contribution in [3.63, 3.8) is 0 Å². The molecule has 1 aliphatic rings. The summed E-state index contributed by atoms with van der Waals surface area (Å²) in [6, 6.07) is 6.76. The Kier molecular flexibility index (Phi) is 3.98. The van der Waals surface area contributed by atoms with Crippen LogP contribution in [0.25, 0.3) is 6.08 Å². The molecule has 2 rings (SSSR count). The zero-order valence-electron chi connectivity index (χ0n) is 11.8. The van der Waals surface area contributed by atoms with Crippen LogP contribution in [0.3, 0.4) is 0 Å². The SMILES string of the molecule is CC1=CC(C)N(C)C(/C=C/c2ccc([N+](=O)[O-])cc2)=N1. The second kappa shape index (κ2) is 5.69. The van der Waals surface area contributed by atoms with Gasteiger partial charge in [-0.1, -0.05) is 6.08 Å². The number of benzene rings is 1. The van der Waals surface area contributed by atoms with Gasteiger partial charge in [-0.25, -0.2) is 4.99 Å². The molecule has 1 atom stereocenters. The highest BCUT2D eigenvalue weighted by Crippen LogP contribution is 2.15. The number of allylic oxidation sites excluding steroid dienone is 1. The minimum absolute atomic E-state index is 0.0988. The van der Waals surface area contributed by atoms with Crippen LogP contribution in [0.4, 0.5) is 5.69 Å². The van der Waals surface area contributed by atoms with Gasteiger partial charge in [0, 0.05) is 30.9 Å². The predicted molar refractivity (Wildman–Crippen MR) is 80.5 cm³/mol. The van der Waals surface area contributed by atoms with Crippen LogP contribution in [-0.4, -0.2) is 28.7 Å². The van der Waals surface area contributed by atoms with Gasteiger partial charge >= 0.3 is 0 Å². The number of nitro groups is 1. The Hall–Kier alpha value is -2.43. The molecule has 1 heterocycles. The normalized spacial score (nSPS) is 18.9. The molecule has 0 spiro atoms. The van der Waals surface area contributed by atoms with Crippen molar-refractivity contribution >= 4 is 17.6 Å². The summed E-state index contributed by atoms with van der Waals surface area (Å²) in [5, 5.41) is 10.6. The maximum absolute atomic E-state index is 10.6. The highest BCUT2D eigenvalue weighted by atomic mass is 16.6. The lowest BCUT2D eigenvalue weighted by atomic mass is 10.1. The van der Waals surface area contributed by atoms with Crippen LogP contribution >= 0.6 is 0 Å². The Labute approximate surface area is 118 Å². The second-order valence-corrected chi connectivity index (χ2v) is 4.81. The second-order valence-electron chi connectivity index (χ2n) is 4.81. The molecule has 0 N–H and O–H groups in total. The molecule has 1 unspecified atom stereocenters. The van der Waals surface area contributed by atoms with Crippen LogP contribution in [-0.2, 0) is 0 Å². The van der Waals surface area contributed by atoms with Gasteiger partial charge < -0.3 is 4.90 Å². The molecular weight excluding hydrogens is 254 g/mol. The Morgan fingerprint density at radius 3 is 2.55 bits per heavy atom. The van der Waals surface area contributed by atoms with Crippen LogP contribution in [0.2, 0.25) is 0 Å². The van der Waals surface area contributed by atoms with E-state index in [9.17, 15) is 10.1 Å². The average molecular weight is 271 g/mol. The van der Waals surface area contributed by atoms with Crippen molar-refractivity contribution in [1.82, 2.24) is 4.90 Å². The number of nitrogens with zero attached hydrogens (tertiary/aromatic N) is 3. The first-order valence-electron chi connectivity index (χ1n) is 6.40. The molecule has 0 aliphatic carbocycles. The van der Waals surface area contributed by atoms with Crippen molar-refractivity contribution in [3.8, 4) is 0 Å². The van der Waals surface area contributed by atoms with Crippen molar-refractivity contribution < 1.29 is 4.92 Å². The summed E-state index contributed by atoms with van der Waals surface area (Å²) in [7, 11) is 1.99. The Balaban J connectivity index is 2.17. The van der Waals surface area contributed by atoms with Gasteiger partial charge in [0.1, 0.15) is 5.84 Å². The molecule has 0 radical (unpaired) electrons. The van der Waals surface area contributed by atoms with Gasteiger partial charge in [-0.15, -0.1) is 0 Å². The minimum Gasteiger partial charge on any atom is -0.353 e. The third kappa shape index (κ3) is 3.12. The highest BCUT2D eigenvalue weighted by Gasteiger charge is 2.14. The van der Waals surface area contributed by atoms with E-state index < -0.39 is 4.92 Å². The van der Waals surface area contributed by atoms with E-state index in [1.54, 1.807) is 12.1 Å². The zero-order valence-corrected chi connectivity index (χ0v) is 11.8. The first kappa shape index (κ1) is 14.0. The maximum Gasteiger partial charge on any atom is 0.269 e. The van der Waals surface area contributed by atoms with Crippen molar-refractivity contribution in [2.45, 2.75) is 19.9 Å². The van der Waals surface area contributed by atoms with E-state index in [1.165, 1.54) is 12.1 Å². The molecule has 104 valence electrons. The molecule has 5 nitrogen and oxygen atoms in total. The Morgan fingerprint density at radius 1 is 1.30 bits per heavy atom. The van der Waals surface area contributed by atoms with Gasteiger partial charge in [0.25, 0.3) is 5.69 Å². The van der Waals surface area contributed by atoms with E-state index in [0.717, 1.165) is 17.1 Å². The monoisotopic (exact) mass is 271 g/mol. The number of non-ortho nitro benzene ring substituents is 1. The topological polar surface area (TPSA) is 58.7 Å².